The van der Waals surface area contributed by atoms with Crippen LogP contribution in [0.15, 0.2) is 54.6 Å². The molecule has 1 aromatic carbocycles. The first-order valence-electron chi connectivity index (χ1n) is 11.7. The Morgan fingerprint density at radius 1 is 0.933 bits per heavy atom. The van der Waals surface area contributed by atoms with E-state index in [4.69, 9.17) is 9.47 Å². The van der Waals surface area contributed by atoms with Gasteiger partial charge in [0, 0.05) is 17.3 Å². The fourth-order valence-electron chi connectivity index (χ4n) is 4.91. The van der Waals surface area contributed by atoms with Crippen LogP contribution in [0.2, 0.25) is 0 Å². The molecule has 0 radical (unpaired) electrons. The van der Waals surface area contributed by atoms with Crippen LogP contribution in [0.5, 0.6) is 5.75 Å². The smallest absolute Gasteiger partial charge is 0.119 e. The summed E-state index contributed by atoms with van der Waals surface area (Å²) >= 11 is 0. The van der Waals surface area contributed by atoms with Crippen molar-refractivity contribution in [2.24, 2.45) is 23.2 Å². The minimum atomic E-state index is 0.189. The second-order valence-corrected chi connectivity index (χ2v) is 10.2. The lowest BCUT2D eigenvalue weighted by Crippen LogP contribution is -2.59. The molecule has 0 saturated heterocycles. The van der Waals surface area contributed by atoms with Gasteiger partial charge in [0.25, 0.3) is 0 Å². The molecule has 30 heavy (non-hydrogen) atoms. The lowest BCUT2D eigenvalue weighted by molar-refractivity contribution is -0.939. The van der Waals surface area contributed by atoms with E-state index in [1.54, 1.807) is 0 Å². The van der Waals surface area contributed by atoms with Gasteiger partial charge in [0.2, 0.25) is 0 Å². The summed E-state index contributed by atoms with van der Waals surface area (Å²) < 4.78 is 12.9. The van der Waals surface area contributed by atoms with E-state index in [-0.39, 0.29) is 5.41 Å². The van der Waals surface area contributed by atoms with Gasteiger partial charge in [0.05, 0.1) is 32.8 Å². The number of hydrogen-bond donors (Lipinski definition) is 0. The third-order valence-corrected chi connectivity index (χ3v) is 6.16. The predicted molar refractivity (Wildman–Crippen MR) is 128 cm³/mol. The van der Waals surface area contributed by atoms with E-state index >= 15 is 0 Å². The number of ether oxygens (including phenoxy) is 2. The van der Waals surface area contributed by atoms with Crippen LogP contribution in [-0.2, 0) is 4.74 Å². The maximum Gasteiger partial charge on any atom is 0.119 e. The van der Waals surface area contributed by atoms with Crippen LogP contribution in [0.3, 0.4) is 0 Å². The van der Waals surface area contributed by atoms with Crippen molar-refractivity contribution in [1.29, 1.82) is 0 Å². The molecule has 0 amide bonds. The zero-order valence-corrected chi connectivity index (χ0v) is 20.1. The lowest BCUT2D eigenvalue weighted by Gasteiger charge is -2.47. The Hall–Kier alpha value is -1.58. The summed E-state index contributed by atoms with van der Waals surface area (Å²) in [4.78, 5) is 0. The van der Waals surface area contributed by atoms with E-state index in [9.17, 15) is 0 Å². The molecule has 0 heterocycles. The molecule has 0 aromatic heterocycles. The monoisotopic (exact) mass is 414 g/mol. The summed E-state index contributed by atoms with van der Waals surface area (Å²) in [6, 6.07) is 9.97. The number of hydrogen-bond acceptors (Lipinski definition) is 2. The molecule has 168 valence electrons. The van der Waals surface area contributed by atoms with Crippen molar-refractivity contribution in [3.8, 4) is 5.75 Å². The van der Waals surface area contributed by atoms with Crippen molar-refractivity contribution in [2.75, 3.05) is 46.0 Å². The minimum absolute atomic E-state index is 0.189. The summed E-state index contributed by atoms with van der Waals surface area (Å²) in [6.45, 7) is 20.8. The molecular formula is C27H44NO2+. The van der Waals surface area contributed by atoms with Gasteiger partial charge in [0.1, 0.15) is 18.9 Å². The summed E-state index contributed by atoms with van der Waals surface area (Å²) in [6.07, 6.45) is 9.22. The first-order valence-corrected chi connectivity index (χ1v) is 11.7. The first kappa shape index (κ1) is 24.7. The molecule has 3 nitrogen and oxygen atoms in total. The molecule has 0 N–H and O–H groups in total. The summed E-state index contributed by atoms with van der Waals surface area (Å²) in [5.41, 5.74) is 0.189. The normalized spacial score (nSPS) is 21.5. The van der Waals surface area contributed by atoms with Crippen LogP contribution in [0.4, 0.5) is 0 Å². The highest BCUT2D eigenvalue weighted by Gasteiger charge is 2.40. The Kier molecular flexibility index (Phi) is 9.64. The fraction of sp³-hybridized carbons (Fsp3) is 0.630. The molecule has 0 spiro atoms. The summed E-state index contributed by atoms with van der Waals surface area (Å²) in [7, 11) is 0. The lowest BCUT2D eigenvalue weighted by atomic mass is 9.74. The molecule has 0 bridgehead atoms. The molecule has 0 aliphatic heterocycles. The first-order chi connectivity index (χ1) is 14.2. The second-order valence-electron chi connectivity index (χ2n) is 10.2. The van der Waals surface area contributed by atoms with Gasteiger partial charge in [-0.3, -0.25) is 0 Å². The van der Waals surface area contributed by atoms with Crippen LogP contribution in [0.1, 0.15) is 41.5 Å². The van der Waals surface area contributed by atoms with E-state index < -0.39 is 0 Å². The van der Waals surface area contributed by atoms with E-state index in [0.717, 1.165) is 29.9 Å². The molecule has 1 aromatic rings. The zero-order valence-electron chi connectivity index (χ0n) is 20.1. The second kappa shape index (κ2) is 11.7. The number of benzene rings is 1. The number of para-hydroxylation sites is 1. The number of allylic oxidation sites excluding steroid dienone is 3. The number of quaternary nitrogens is 1. The number of nitrogens with zero attached hydrogens (tertiary/aromatic N) is 1. The molecule has 1 aliphatic rings. The Morgan fingerprint density at radius 3 is 2.20 bits per heavy atom. The molecule has 2 rings (SSSR count). The van der Waals surface area contributed by atoms with Gasteiger partial charge in [-0.15, -0.1) is 0 Å². The largest absolute Gasteiger partial charge is 0.491 e. The van der Waals surface area contributed by atoms with E-state index in [1.165, 1.54) is 13.1 Å². The predicted octanol–water partition coefficient (Wildman–Crippen LogP) is 5.98. The molecule has 0 saturated carbocycles. The maximum atomic E-state index is 6.05. The van der Waals surface area contributed by atoms with Crippen molar-refractivity contribution in [2.45, 2.75) is 41.5 Å². The van der Waals surface area contributed by atoms with Crippen molar-refractivity contribution < 1.29 is 14.0 Å². The molecule has 2 atom stereocenters. The van der Waals surface area contributed by atoms with Crippen LogP contribution in [0.25, 0.3) is 0 Å². The highest BCUT2D eigenvalue weighted by Crippen LogP contribution is 2.36. The van der Waals surface area contributed by atoms with Crippen molar-refractivity contribution in [3.05, 3.63) is 54.6 Å². The highest BCUT2D eigenvalue weighted by molar-refractivity contribution is 5.20. The molecular weight excluding hydrogens is 370 g/mol. The van der Waals surface area contributed by atoms with Crippen LogP contribution < -0.4 is 4.74 Å². The Bertz CT molecular complexity index is 655. The van der Waals surface area contributed by atoms with Gasteiger partial charge >= 0.3 is 0 Å². The third kappa shape index (κ3) is 7.92. The highest BCUT2D eigenvalue weighted by atomic mass is 16.5. The van der Waals surface area contributed by atoms with Crippen LogP contribution >= 0.6 is 0 Å². The number of rotatable bonds is 13. The molecule has 1 aliphatic carbocycles. The Balaban J connectivity index is 1.97. The van der Waals surface area contributed by atoms with Gasteiger partial charge in [-0.25, -0.2) is 0 Å². The third-order valence-electron chi connectivity index (χ3n) is 6.16. The molecule has 2 unspecified atom stereocenters. The van der Waals surface area contributed by atoms with Crippen LogP contribution in [0, 0.1) is 23.2 Å². The average molecular weight is 415 g/mol. The van der Waals surface area contributed by atoms with Gasteiger partial charge in [0.15, 0.2) is 0 Å². The van der Waals surface area contributed by atoms with Crippen molar-refractivity contribution >= 4 is 0 Å². The SMILES string of the molecule is CC(C)C[N+](CCOCCOc1ccccc1)(CC(C)C)CC1(C)C=CC=CC1C. The standard InChI is InChI=1S/C27H44NO2/c1-23(2)20-28(21-24(3)4,22-27(6)15-11-10-12-25(27)5)16-17-29-18-19-30-26-13-8-7-9-14-26/h7-15,23-25H,16-22H2,1-6H3/q+1. The quantitative estimate of drug-likeness (QED) is 0.292. The van der Waals surface area contributed by atoms with Gasteiger partial charge in [-0.05, 0) is 18.1 Å². The maximum absolute atomic E-state index is 6.05. The molecule has 0 fully saturated rings. The van der Waals surface area contributed by atoms with Crippen molar-refractivity contribution in [3.63, 3.8) is 0 Å². The Morgan fingerprint density at radius 2 is 1.60 bits per heavy atom. The van der Waals surface area contributed by atoms with Crippen LogP contribution in [-0.4, -0.2) is 50.5 Å². The Labute approximate surface area is 185 Å². The zero-order chi connectivity index (χ0) is 22.0. The van der Waals surface area contributed by atoms with Gasteiger partial charge in [-0.2, -0.15) is 0 Å². The minimum Gasteiger partial charge on any atom is -0.491 e. The van der Waals surface area contributed by atoms with Gasteiger partial charge in [-0.1, -0.05) is 84.0 Å². The van der Waals surface area contributed by atoms with E-state index in [2.05, 4.69) is 65.8 Å². The van der Waals surface area contributed by atoms with Gasteiger partial charge < -0.3 is 14.0 Å². The molecule has 3 heteroatoms. The summed E-state index contributed by atoms with van der Waals surface area (Å²) in [5.74, 6) is 2.78. The average Bonchev–Trinajstić information content (AvgIpc) is 2.66. The fourth-order valence-corrected chi connectivity index (χ4v) is 4.91. The topological polar surface area (TPSA) is 18.5 Å². The van der Waals surface area contributed by atoms with Crippen molar-refractivity contribution in [1.82, 2.24) is 0 Å². The summed E-state index contributed by atoms with van der Waals surface area (Å²) in [5, 5.41) is 0. The van der Waals surface area contributed by atoms with E-state index in [1.807, 2.05) is 30.3 Å². The van der Waals surface area contributed by atoms with E-state index in [0.29, 0.717) is 31.0 Å².